The fraction of sp³-hybridized carbons (Fsp3) is 0.304. The van der Waals surface area contributed by atoms with Gasteiger partial charge in [0.2, 0.25) is 0 Å². The highest BCUT2D eigenvalue weighted by molar-refractivity contribution is 7.98. The molecule has 2 aromatic carbocycles. The zero-order valence-corrected chi connectivity index (χ0v) is 17.4. The van der Waals surface area contributed by atoms with Crippen molar-refractivity contribution >= 4 is 23.4 Å². The predicted molar refractivity (Wildman–Crippen MR) is 115 cm³/mol. The Labute approximate surface area is 174 Å². The maximum atomic E-state index is 13.3. The zero-order valence-electron chi connectivity index (χ0n) is 16.6. The molecular formula is C23H23N3O2S. The van der Waals surface area contributed by atoms with Crippen LogP contribution in [-0.4, -0.2) is 41.6 Å². The first-order valence-corrected chi connectivity index (χ1v) is 10.9. The minimum Gasteiger partial charge on any atom is -0.365 e. The first kappa shape index (κ1) is 18.3. The third-order valence-corrected chi connectivity index (χ3v) is 6.84. The first-order valence-electron chi connectivity index (χ1n) is 9.95. The summed E-state index contributed by atoms with van der Waals surface area (Å²) >= 11 is 1.73. The molecule has 5 rings (SSSR count). The molecule has 6 heteroatoms. The van der Waals surface area contributed by atoms with Gasteiger partial charge in [0.05, 0.1) is 0 Å². The lowest BCUT2D eigenvalue weighted by atomic mass is 10.1. The second-order valence-corrected chi connectivity index (χ2v) is 8.77. The van der Waals surface area contributed by atoms with E-state index in [4.69, 9.17) is 4.52 Å². The van der Waals surface area contributed by atoms with Gasteiger partial charge in [0, 0.05) is 53.1 Å². The summed E-state index contributed by atoms with van der Waals surface area (Å²) in [5.74, 6) is 1.44. The molecule has 0 unspecified atom stereocenters. The van der Waals surface area contributed by atoms with Crippen molar-refractivity contribution in [3.05, 3.63) is 65.4 Å². The molecule has 1 aromatic heterocycles. The number of aromatic nitrogens is 1. The van der Waals surface area contributed by atoms with E-state index >= 15 is 0 Å². The van der Waals surface area contributed by atoms with Crippen molar-refractivity contribution in [1.82, 2.24) is 10.1 Å². The summed E-state index contributed by atoms with van der Waals surface area (Å²) in [6.07, 6.45) is 0. The van der Waals surface area contributed by atoms with Gasteiger partial charge in [-0.3, -0.25) is 4.79 Å². The van der Waals surface area contributed by atoms with Gasteiger partial charge in [0.1, 0.15) is 0 Å². The maximum absolute atomic E-state index is 13.3. The molecule has 1 fully saturated rings. The average molecular weight is 406 g/mol. The van der Waals surface area contributed by atoms with E-state index in [-0.39, 0.29) is 11.9 Å². The second-order valence-electron chi connectivity index (χ2n) is 7.76. The highest BCUT2D eigenvalue weighted by Gasteiger charge is 2.33. The number of nitrogens with zero attached hydrogens (tertiary/aromatic N) is 3. The number of benzene rings is 2. The summed E-state index contributed by atoms with van der Waals surface area (Å²) in [4.78, 5) is 18.7. The van der Waals surface area contributed by atoms with Gasteiger partial charge in [-0.2, -0.15) is 0 Å². The molecule has 1 amide bonds. The topological polar surface area (TPSA) is 49.6 Å². The molecule has 3 heterocycles. The summed E-state index contributed by atoms with van der Waals surface area (Å²) in [6, 6.07) is 16.9. The standard InChI is InChI=1S/C23H23N3O2S/c1-15-6-5-7-17(12-15)26-11-10-25(13-16(26)2)23(27)21-19-14-29-20-9-4-3-8-18(20)22(19)28-24-21/h3-9,12,16H,10-11,13-14H2,1-2H3/t16-/m1/s1. The molecule has 0 aliphatic carbocycles. The number of thioether (sulfide) groups is 1. The molecule has 0 N–H and O–H groups in total. The highest BCUT2D eigenvalue weighted by atomic mass is 32.2. The van der Waals surface area contributed by atoms with Crippen molar-refractivity contribution in [2.24, 2.45) is 0 Å². The summed E-state index contributed by atoms with van der Waals surface area (Å²) in [6.45, 7) is 6.46. The molecule has 5 nitrogen and oxygen atoms in total. The number of aryl methyl sites for hydroxylation is 1. The van der Waals surface area contributed by atoms with E-state index in [1.807, 2.05) is 23.1 Å². The first-order chi connectivity index (χ1) is 14.1. The van der Waals surface area contributed by atoms with Crippen LogP contribution in [0.25, 0.3) is 11.3 Å². The van der Waals surface area contributed by atoms with Crippen LogP contribution in [0.1, 0.15) is 28.5 Å². The van der Waals surface area contributed by atoms with Crippen LogP contribution in [0.3, 0.4) is 0 Å². The van der Waals surface area contributed by atoms with Crippen molar-refractivity contribution in [2.45, 2.75) is 30.5 Å². The van der Waals surface area contributed by atoms with E-state index in [9.17, 15) is 4.79 Å². The number of hydrogen-bond donors (Lipinski definition) is 0. The van der Waals surface area contributed by atoms with E-state index in [1.54, 1.807) is 11.8 Å². The lowest BCUT2D eigenvalue weighted by Gasteiger charge is -2.41. The van der Waals surface area contributed by atoms with E-state index in [1.165, 1.54) is 16.1 Å². The van der Waals surface area contributed by atoms with Gasteiger partial charge in [0.25, 0.3) is 5.91 Å². The van der Waals surface area contributed by atoms with E-state index in [0.717, 1.165) is 29.2 Å². The highest BCUT2D eigenvalue weighted by Crippen LogP contribution is 2.42. The lowest BCUT2D eigenvalue weighted by Crippen LogP contribution is -2.54. The molecule has 2 aliphatic heterocycles. The van der Waals surface area contributed by atoms with Crippen molar-refractivity contribution in [2.75, 3.05) is 24.5 Å². The Morgan fingerprint density at radius 2 is 2.03 bits per heavy atom. The SMILES string of the molecule is Cc1cccc(N2CCN(C(=O)c3noc4c3CSc3ccccc3-4)C[C@H]2C)c1. The minimum absolute atomic E-state index is 0.0225. The predicted octanol–water partition coefficient (Wildman–Crippen LogP) is 4.61. The van der Waals surface area contributed by atoms with Crippen LogP contribution in [0.15, 0.2) is 57.9 Å². The van der Waals surface area contributed by atoms with Crippen molar-refractivity contribution < 1.29 is 9.32 Å². The van der Waals surface area contributed by atoms with Gasteiger partial charge in [-0.25, -0.2) is 0 Å². The largest absolute Gasteiger partial charge is 0.365 e. The fourth-order valence-electron chi connectivity index (χ4n) is 4.23. The molecular weight excluding hydrogens is 382 g/mol. The smallest absolute Gasteiger partial charge is 0.276 e. The molecule has 148 valence electrons. The number of amides is 1. The number of carbonyl (C=O) groups excluding carboxylic acids is 1. The number of hydrogen-bond acceptors (Lipinski definition) is 5. The number of anilines is 1. The van der Waals surface area contributed by atoms with Crippen molar-refractivity contribution in [3.8, 4) is 11.3 Å². The number of carbonyl (C=O) groups is 1. The normalized spacial score (nSPS) is 18.3. The van der Waals surface area contributed by atoms with Gasteiger partial charge in [-0.1, -0.05) is 29.4 Å². The quantitative estimate of drug-likeness (QED) is 0.623. The fourth-order valence-corrected chi connectivity index (χ4v) is 5.29. The minimum atomic E-state index is -0.0225. The van der Waals surface area contributed by atoms with Crippen LogP contribution in [0.5, 0.6) is 0 Å². The average Bonchev–Trinajstić information content (AvgIpc) is 3.18. The van der Waals surface area contributed by atoms with E-state index in [0.29, 0.717) is 18.8 Å². The second kappa shape index (κ2) is 7.26. The molecule has 29 heavy (non-hydrogen) atoms. The molecule has 0 bridgehead atoms. The number of piperazine rings is 1. The van der Waals surface area contributed by atoms with Crippen LogP contribution in [0, 0.1) is 6.92 Å². The Balaban J connectivity index is 1.36. The Hall–Kier alpha value is -2.73. The summed E-state index contributed by atoms with van der Waals surface area (Å²) in [7, 11) is 0. The van der Waals surface area contributed by atoms with Gasteiger partial charge < -0.3 is 14.3 Å². The Morgan fingerprint density at radius 3 is 2.86 bits per heavy atom. The summed E-state index contributed by atoms with van der Waals surface area (Å²) in [5, 5.41) is 4.19. The van der Waals surface area contributed by atoms with Crippen LogP contribution in [0.4, 0.5) is 5.69 Å². The molecule has 2 aliphatic rings. The summed E-state index contributed by atoms with van der Waals surface area (Å²) < 4.78 is 5.63. The van der Waals surface area contributed by atoms with Crippen LogP contribution in [0.2, 0.25) is 0 Å². The third-order valence-electron chi connectivity index (χ3n) is 5.74. The van der Waals surface area contributed by atoms with Crippen molar-refractivity contribution in [3.63, 3.8) is 0 Å². The van der Waals surface area contributed by atoms with Gasteiger partial charge >= 0.3 is 0 Å². The Kier molecular flexibility index (Phi) is 4.59. The van der Waals surface area contributed by atoms with Crippen LogP contribution in [-0.2, 0) is 5.75 Å². The van der Waals surface area contributed by atoms with Crippen LogP contribution < -0.4 is 4.90 Å². The number of rotatable bonds is 2. The molecule has 0 spiro atoms. The third kappa shape index (κ3) is 3.21. The maximum Gasteiger partial charge on any atom is 0.276 e. The van der Waals surface area contributed by atoms with E-state index in [2.05, 4.69) is 54.2 Å². The van der Waals surface area contributed by atoms with Gasteiger partial charge in [-0.05, 0) is 43.7 Å². The molecule has 0 radical (unpaired) electrons. The van der Waals surface area contributed by atoms with Crippen LogP contribution >= 0.6 is 11.8 Å². The molecule has 3 aromatic rings. The van der Waals surface area contributed by atoms with E-state index < -0.39 is 0 Å². The Morgan fingerprint density at radius 1 is 1.17 bits per heavy atom. The number of fused-ring (bicyclic) bond motifs is 3. The van der Waals surface area contributed by atoms with Gasteiger partial charge in [-0.15, -0.1) is 11.8 Å². The molecule has 0 saturated carbocycles. The lowest BCUT2D eigenvalue weighted by molar-refractivity contribution is 0.0715. The monoisotopic (exact) mass is 405 g/mol. The Bertz CT molecular complexity index is 1080. The molecule has 1 saturated heterocycles. The zero-order chi connectivity index (χ0) is 20.0. The summed E-state index contributed by atoms with van der Waals surface area (Å²) in [5.41, 5.74) is 4.89. The van der Waals surface area contributed by atoms with Gasteiger partial charge in [0.15, 0.2) is 11.5 Å². The molecule has 1 atom stereocenters. The van der Waals surface area contributed by atoms with Crippen molar-refractivity contribution in [1.29, 1.82) is 0 Å².